The van der Waals surface area contributed by atoms with E-state index >= 15 is 0 Å². The van der Waals surface area contributed by atoms with Gasteiger partial charge in [-0.05, 0) is 24.0 Å². The first-order valence-corrected chi connectivity index (χ1v) is 10.8. The zero-order valence-corrected chi connectivity index (χ0v) is 15.9. The van der Waals surface area contributed by atoms with Crippen LogP contribution in [-0.2, 0) is 14.6 Å². The summed E-state index contributed by atoms with van der Waals surface area (Å²) >= 11 is 0. The molecule has 138 valence electrons. The van der Waals surface area contributed by atoms with E-state index in [1.165, 1.54) is 0 Å². The molecule has 1 fully saturated rings. The fourth-order valence-corrected chi connectivity index (χ4v) is 5.46. The van der Waals surface area contributed by atoms with Gasteiger partial charge in [0.1, 0.15) is 0 Å². The minimum atomic E-state index is -3.27. The molecule has 26 heavy (non-hydrogen) atoms. The molecule has 1 heterocycles. The van der Waals surface area contributed by atoms with Gasteiger partial charge in [0.2, 0.25) is 5.91 Å². The molecule has 2 aromatic rings. The van der Waals surface area contributed by atoms with E-state index in [4.69, 9.17) is 0 Å². The quantitative estimate of drug-likeness (QED) is 0.826. The average molecular weight is 372 g/mol. The predicted octanol–water partition coefficient (Wildman–Crippen LogP) is 3.57. The third-order valence-electron chi connectivity index (χ3n) is 5.13. The first-order chi connectivity index (χ1) is 12.5. The zero-order chi connectivity index (χ0) is 18.6. The molecule has 4 nitrogen and oxygen atoms in total. The van der Waals surface area contributed by atoms with Crippen LogP contribution in [0.25, 0.3) is 0 Å². The number of carbonyl (C=O) groups excluding carboxylic acids is 1. The van der Waals surface area contributed by atoms with Crippen molar-refractivity contribution < 1.29 is 13.2 Å². The van der Waals surface area contributed by atoms with Crippen LogP contribution in [0.2, 0.25) is 0 Å². The van der Waals surface area contributed by atoms with E-state index in [0.717, 1.165) is 11.1 Å². The molecular formula is C21H25NO3S. The van der Waals surface area contributed by atoms with Crippen LogP contribution >= 0.6 is 0 Å². The van der Waals surface area contributed by atoms with Crippen LogP contribution in [0.4, 0.5) is 0 Å². The minimum Gasteiger partial charge on any atom is -0.341 e. The van der Waals surface area contributed by atoms with Gasteiger partial charge in [-0.15, -0.1) is 0 Å². The van der Waals surface area contributed by atoms with Gasteiger partial charge in [0, 0.05) is 13.1 Å². The number of nitrogens with zero attached hydrogens (tertiary/aromatic N) is 1. The van der Waals surface area contributed by atoms with E-state index in [0.29, 0.717) is 19.4 Å². The lowest BCUT2D eigenvalue weighted by Gasteiger charge is -2.25. The van der Waals surface area contributed by atoms with Gasteiger partial charge < -0.3 is 4.90 Å². The molecule has 0 N–H and O–H groups in total. The van der Waals surface area contributed by atoms with E-state index < -0.39 is 15.1 Å². The highest BCUT2D eigenvalue weighted by atomic mass is 32.2. The van der Waals surface area contributed by atoms with Crippen molar-refractivity contribution in [2.75, 3.05) is 18.8 Å². The molecule has 1 amide bonds. The Balaban J connectivity index is 1.80. The van der Waals surface area contributed by atoms with Gasteiger partial charge in [0.05, 0.1) is 16.9 Å². The Hall–Kier alpha value is -2.14. The van der Waals surface area contributed by atoms with Crippen molar-refractivity contribution >= 4 is 15.7 Å². The van der Waals surface area contributed by atoms with E-state index in [1.54, 1.807) is 4.90 Å². The number of carbonyl (C=O) groups is 1. The van der Waals surface area contributed by atoms with Gasteiger partial charge >= 0.3 is 0 Å². The summed E-state index contributed by atoms with van der Waals surface area (Å²) in [5.74, 6) is -0.168. The molecule has 0 aromatic heterocycles. The molecule has 1 aliphatic rings. The van der Waals surface area contributed by atoms with Crippen molar-refractivity contribution in [3.63, 3.8) is 0 Å². The highest BCUT2D eigenvalue weighted by Gasteiger charge is 2.34. The van der Waals surface area contributed by atoms with Crippen molar-refractivity contribution in [1.82, 2.24) is 4.90 Å². The van der Waals surface area contributed by atoms with Crippen LogP contribution in [0.3, 0.4) is 0 Å². The number of hydrogen-bond acceptors (Lipinski definition) is 3. The summed E-state index contributed by atoms with van der Waals surface area (Å²) in [7, 11) is -3.27. The lowest BCUT2D eigenvalue weighted by molar-refractivity contribution is -0.132. The number of rotatable bonds is 4. The van der Waals surface area contributed by atoms with E-state index in [-0.39, 0.29) is 24.1 Å². The summed E-state index contributed by atoms with van der Waals surface area (Å²) in [5.41, 5.74) is 1.81. The first-order valence-electron chi connectivity index (χ1n) is 9.13. The Morgan fingerprint density at radius 2 is 1.65 bits per heavy atom. The number of sulfone groups is 1. The Bertz CT molecular complexity index is 834. The molecular weight excluding hydrogens is 346 g/mol. The Labute approximate surface area is 155 Å². The molecule has 0 saturated carbocycles. The van der Waals surface area contributed by atoms with Crippen LogP contribution in [0.1, 0.15) is 42.1 Å². The summed E-state index contributed by atoms with van der Waals surface area (Å²) in [6, 6.07) is 19.1. The molecule has 3 rings (SSSR count). The van der Waals surface area contributed by atoms with Gasteiger partial charge in [-0.3, -0.25) is 4.79 Å². The van der Waals surface area contributed by atoms with Crippen LogP contribution in [0.15, 0.2) is 60.7 Å². The van der Waals surface area contributed by atoms with Gasteiger partial charge in [0.15, 0.2) is 9.84 Å². The smallest absolute Gasteiger partial charge is 0.230 e. The summed E-state index contributed by atoms with van der Waals surface area (Å²) in [4.78, 5) is 14.8. The highest BCUT2D eigenvalue weighted by molar-refractivity contribution is 7.91. The minimum absolute atomic E-state index is 0.0174. The third-order valence-corrected chi connectivity index (χ3v) is 7.26. The SMILES string of the molecule is CC[C@@H](C(=O)N1CC[C@@H](c2ccccc2)S(=O)(=O)CC1)c1ccccc1. The molecule has 0 radical (unpaired) electrons. The molecule has 2 atom stereocenters. The fourth-order valence-electron chi connectivity index (χ4n) is 3.66. The zero-order valence-electron chi connectivity index (χ0n) is 15.0. The second-order valence-corrected chi connectivity index (χ2v) is 9.05. The van der Waals surface area contributed by atoms with Crippen molar-refractivity contribution in [3.8, 4) is 0 Å². The van der Waals surface area contributed by atoms with Crippen molar-refractivity contribution in [2.24, 2.45) is 0 Å². The topological polar surface area (TPSA) is 54.5 Å². The number of hydrogen-bond donors (Lipinski definition) is 0. The second kappa shape index (κ2) is 8.04. The molecule has 2 aromatic carbocycles. The second-order valence-electron chi connectivity index (χ2n) is 6.75. The number of benzene rings is 2. The fraction of sp³-hybridized carbons (Fsp3) is 0.381. The van der Waals surface area contributed by atoms with Crippen LogP contribution in [0.5, 0.6) is 0 Å². The van der Waals surface area contributed by atoms with E-state index in [1.807, 2.05) is 67.6 Å². The van der Waals surface area contributed by atoms with Gasteiger partial charge in [0.25, 0.3) is 0 Å². The number of amides is 1. The third kappa shape index (κ3) is 3.98. The van der Waals surface area contributed by atoms with Crippen LogP contribution in [-0.4, -0.2) is 38.1 Å². The Morgan fingerprint density at radius 1 is 1.04 bits per heavy atom. The molecule has 0 bridgehead atoms. The summed E-state index contributed by atoms with van der Waals surface area (Å²) in [6.45, 7) is 2.74. The Kier molecular flexibility index (Phi) is 5.77. The normalized spacial score (nSPS) is 21.0. The summed E-state index contributed by atoms with van der Waals surface area (Å²) in [5, 5.41) is -0.529. The molecule has 1 aliphatic heterocycles. The van der Waals surface area contributed by atoms with Crippen LogP contribution in [0, 0.1) is 0 Å². The van der Waals surface area contributed by atoms with Crippen LogP contribution < -0.4 is 0 Å². The van der Waals surface area contributed by atoms with Crippen molar-refractivity contribution in [2.45, 2.75) is 30.9 Å². The molecule has 0 spiro atoms. The highest BCUT2D eigenvalue weighted by Crippen LogP contribution is 2.31. The van der Waals surface area contributed by atoms with Crippen molar-refractivity contribution in [1.29, 1.82) is 0 Å². The molecule has 0 unspecified atom stereocenters. The van der Waals surface area contributed by atoms with Crippen molar-refractivity contribution in [3.05, 3.63) is 71.8 Å². The largest absolute Gasteiger partial charge is 0.341 e. The summed E-state index contributed by atoms with van der Waals surface area (Å²) < 4.78 is 25.5. The van der Waals surface area contributed by atoms with E-state index in [2.05, 4.69) is 0 Å². The van der Waals surface area contributed by atoms with Gasteiger partial charge in [-0.2, -0.15) is 0 Å². The standard InChI is InChI=1S/C21H25NO3S/c1-2-19(17-9-5-3-6-10-17)21(23)22-14-13-20(26(24,25)16-15-22)18-11-7-4-8-12-18/h3-12,19-20H,2,13-16H2,1H3/t19-,20+/m1/s1. The maximum Gasteiger partial charge on any atom is 0.230 e. The summed E-state index contributed by atoms with van der Waals surface area (Å²) in [6.07, 6.45) is 1.15. The lowest BCUT2D eigenvalue weighted by Crippen LogP contribution is -2.37. The maximum atomic E-state index is 13.1. The predicted molar refractivity (Wildman–Crippen MR) is 104 cm³/mol. The molecule has 5 heteroatoms. The monoisotopic (exact) mass is 371 g/mol. The lowest BCUT2D eigenvalue weighted by atomic mass is 9.95. The molecule has 1 saturated heterocycles. The Morgan fingerprint density at radius 3 is 2.27 bits per heavy atom. The molecule has 0 aliphatic carbocycles. The maximum absolute atomic E-state index is 13.1. The van der Waals surface area contributed by atoms with Gasteiger partial charge in [-0.25, -0.2) is 8.42 Å². The van der Waals surface area contributed by atoms with Gasteiger partial charge in [-0.1, -0.05) is 67.6 Å². The first kappa shape index (κ1) is 18.6. The van der Waals surface area contributed by atoms with E-state index in [9.17, 15) is 13.2 Å². The average Bonchev–Trinajstić information content (AvgIpc) is 2.82.